The van der Waals surface area contributed by atoms with Gasteiger partial charge in [0.25, 0.3) is 0 Å². The van der Waals surface area contributed by atoms with Gasteiger partial charge >= 0.3 is 0 Å². The summed E-state index contributed by atoms with van der Waals surface area (Å²) in [6.45, 7) is 1.77. The lowest BCUT2D eigenvalue weighted by molar-refractivity contribution is 0.691. The molecule has 1 radical (unpaired) electrons. The van der Waals surface area contributed by atoms with Gasteiger partial charge in [0.1, 0.15) is 0 Å². The molecular weight excluding hydrogens is 172 g/mol. The van der Waals surface area contributed by atoms with E-state index in [-0.39, 0.29) is 0 Å². The molecule has 0 saturated carbocycles. The third-order valence-corrected chi connectivity index (χ3v) is 2.75. The summed E-state index contributed by atoms with van der Waals surface area (Å²) in [5.41, 5.74) is 8.21. The van der Waals surface area contributed by atoms with Crippen molar-refractivity contribution in [2.45, 2.75) is 25.4 Å². The third kappa shape index (κ3) is 2.14. The maximum atomic E-state index is 5.68. The molecule has 1 aromatic carbocycles. The molecule has 1 aromatic rings. The first kappa shape index (κ1) is 9.69. The van der Waals surface area contributed by atoms with E-state index in [1.54, 1.807) is 0 Å². The van der Waals surface area contributed by atoms with Gasteiger partial charge in [0.15, 0.2) is 0 Å². The third-order valence-electron chi connectivity index (χ3n) is 2.75. The first-order valence-electron chi connectivity index (χ1n) is 5.26. The number of nitrogens with two attached hydrogens (primary N) is 1. The van der Waals surface area contributed by atoms with Crippen LogP contribution in [-0.2, 0) is 6.54 Å². The summed E-state index contributed by atoms with van der Waals surface area (Å²) in [7, 11) is 0. The summed E-state index contributed by atoms with van der Waals surface area (Å²) >= 11 is 0. The Bertz CT molecular complexity index is 290. The van der Waals surface area contributed by atoms with E-state index in [4.69, 9.17) is 5.73 Å². The van der Waals surface area contributed by atoms with Crippen LogP contribution in [0.25, 0.3) is 0 Å². The van der Waals surface area contributed by atoms with Gasteiger partial charge in [0.05, 0.1) is 0 Å². The molecule has 0 spiro atoms. The van der Waals surface area contributed by atoms with Crippen molar-refractivity contribution in [2.75, 3.05) is 6.54 Å². The molecule has 2 rings (SSSR count). The Labute approximate surface area is 85.5 Å². The van der Waals surface area contributed by atoms with Gasteiger partial charge in [-0.3, -0.25) is 0 Å². The smallest absolute Gasteiger partial charge is 0.0180 e. The normalized spacial score (nSPS) is 21.4. The summed E-state index contributed by atoms with van der Waals surface area (Å²) in [5, 5.41) is 3.46. The van der Waals surface area contributed by atoms with Gasteiger partial charge in [-0.15, -0.1) is 0 Å². The molecule has 1 unspecified atom stereocenters. The monoisotopic (exact) mass is 189 g/mol. The van der Waals surface area contributed by atoms with Gasteiger partial charge in [-0.05, 0) is 30.5 Å². The van der Waals surface area contributed by atoms with Crippen molar-refractivity contribution in [1.82, 2.24) is 5.32 Å². The SMILES string of the molecule is NCc1ccccc1[CH]C1CCCN1. The average Bonchev–Trinajstić information content (AvgIpc) is 2.71. The highest BCUT2D eigenvalue weighted by molar-refractivity contribution is 5.34. The van der Waals surface area contributed by atoms with Crippen molar-refractivity contribution in [3.63, 3.8) is 0 Å². The molecule has 0 amide bonds. The Morgan fingerprint density at radius 3 is 3.00 bits per heavy atom. The lowest BCUT2D eigenvalue weighted by Gasteiger charge is -2.12. The molecule has 0 aromatic heterocycles. The fourth-order valence-electron chi connectivity index (χ4n) is 1.95. The van der Waals surface area contributed by atoms with E-state index in [0.29, 0.717) is 12.6 Å². The zero-order valence-electron chi connectivity index (χ0n) is 8.37. The van der Waals surface area contributed by atoms with Crippen molar-refractivity contribution in [1.29, 1.82) is 0 Å². The van der Waals surface area contributed by atoms with Crippen LogP contribution in [0.1, 0.15) is 24.0 Å². The Morgan fingerprint density at radius 2 is 2.29 bits per heavy atom. The standard InChI is InChI=1S/C12H17N2/c13-9-11-5-2-1-4-10(11)8-12-6-3-7-14-12/h1-2,4-5,8,12,14H,3,6-7,9,13H2. The van der Waals surface area contributed by atoms with Crippen molar-refractivity contribution in [2.24, 2.45) is 5.73 Å². The number of benzene rings is 1. The van der Waals surface area contributed by atoms with Gasteiger partial charge in [-0.25, -0.2) is 0 Å². The van der Waals surface area contributed by atoms with E-state index in [2.05, 4.69) is 29.9 Å². The highest BCUT2D eigenvalue weighted by atomic mass is 14.9. The summed E-state index contributed by atoms with van der Waals surface area (Å²) in [6.07, 6.45) is 4.83. The minimum absolute atomic E-state index is 0.544. The van der Waals surface area contributed by atoms with Crippen LogP contribution in [0.2, 0.25) is 0 Å². The summed E-state index contributed by atoms with van der Waals surface area (Å²) in [6, 6.07) is 8.90. The van der Waals surface area contributed by atoms with E-state index < -0.39 is 0 Å². The maximum absolute atomic E-state index is 5.68. The van der Waals surface area contributed by atoms with Crippen LogP contribution in [0, 0.1) is 6.42 Å². The Balaban J connectivity index is 2.07. The van der Waals surface area contributed by atoms with Gasteiger partial charge in [-0.2, -0.15) is 0 Å². The number of hydrogen-bond donors (Lipinski definition) is 2. The molecule has 75 valence electrons. The van der Waals surface area contributed by atoms with Crippen LogP contribution >= 0.6 is 0 Å². The average molecular weight is 189 g/mol. The maximum Gasteiger partial charge on any atom is 0.0180 e. The fourth-order valence-corrected chi connectivity index (χ4v) is 1.95. The predicted octanol–water partition coefficient (Wildman–Crippen LogP) is 1.45. The lowest BCUT2D eigenvalue weighted by atomic mass is 9.99. The Kier molecular flexibility index (Phi) is 3.17. The zero-order valence-corrected chi connectivity index (χ0v) is 8.37. The van der Waals surface area contributed by atoms with E-state index in [1.807, 2.05) is 6.07 Å². The summed E-state index contributed by atoms with van der Waals surface area (Å²) in [4.78, 5) is 0. The highest BCUT2D eigenvalue weighted by Crippen LogP contribution is 2.17. The lowest BCUT2D eigenvalue weighted by Crippen LogP contribution is -2.22. The molecule has 3 N–H and O–H groups in total. The molecule has 14 heavy (non-hydrogen) atoms. The Hall–Kier alpha value is -0.860. The molecule has 1 aliphatic heterocycles. The van der Waals surface area contributed by atoms with Crippen LogP contribution in [0.15, 0.2) is 24.3 Å². The minimum Gasteiger partial charge on any atom is -0.326 e. The summed E-state index contributed by atoms with van der Waals surface area (Å²) in [5.74, 6) is 0. The van der Waals surface area contributed by atoms with Gasteiger partial charge in [-0.1, -0.05) is 24.3 Å². The molecule has 1 heterocycles. The quantitative estimate of drug-likeness (QED) is 0.755. The van der Waals surface area contributed by atoms with Crippen molar-refractivity contribution >= 4 is 0 Å². The second-order valence-corrected chi connectivity index (χ2v) is 3.77. The molecule has 1 atom stereocenters. The number of nitrogens with one attached hydrogen (secondary N) is 1. The van der Waals surface area contributed by atoms with E-state index in [0.717, 1.165) is 6.54 Å². The first-order chi connectivity index (χ1) is 6.90. The van der Waals surface area contributed by atoms with Gasteiger partial charge in [0.2, 0.25) is 0 Å². The molecule has 2 nitrogen and oxygen atoms in total. The van der Waals surface area contributed by atoms with Crippen molar-refractivity contribution < 1.29 is 0 Å². The van der Waals surface area contributed by atoms with E-state index >= 15 is 0 Å². The molecule has 2 heteroatoms. The second kappa shape index (κ2) is 4.58. The first-order valence-corrected chi connectivity index (χ1v) is 5.26. The van der Waals surface area contributed by atoms with Crippen LogP contribution in [0.5, 0.6) is 0 Å². The zero-order chi connectivity index (χ0) is 9.80. The number of hydrogen-bond acceptors (Lipinski definition) is 2. The molecule has 0 bridgehead atoms. The highest BCUT2D eigenvalue weighted by Gasteiger charge is 2.15. The number of rotatable bonds is 3. The van der Waals surface area contributed by atoms with Crippen LogP contribution in [0.4, 0.5) is 0 Å². The second-order valence-electron chi connectivity index (χ2n) is 3.77. The molecule has 0 aliphatic carbocycles. The molecule has 1 fully saturated rings. The van der Waals surface area contributed by atoms with Crippen molar-refractivity contribution in [3.8, 4) is 0 Å². The Morgan fingerprint density at radius 1 is 1.43 bits per heavy atom. The van der Waals surface area contributed by atoms with E-state index in [1.165, 1.54) is 24.0 Å². The van der Waals surface area contributed by atoms with Crippen LogP contribution in [0.3, 0.4) is 0 Å². The molecular formula is C12H17N2. The fraction of sp³-hybridized carbons (Fsp3) is 0.417. The van der Waals surface area contributed by atoms with Crippen LogP contribution < -0.4 is 11.1 Å². The van der Waals surface area contributed by atoms with Gasteiger partial charge in [0, 0.05) is 19.0 Å². The minimum atomic E-state index is 0.544. The molecule has 1 saturated heterocycles. The molecule has 1 aliphatic rings. The summed E-state index contributed by atoms with van der Waals surface area (Å²) < 4.78 is 0. The van der Waals surface area contributed by atoms with Crippen molar-refractivity contribution in [3.05, 3.63) is 41.8 Å². The van der Waals surface area contributed by atoms with Gasteiger partial charge < -0.3 is 11.1 Å². The topological polar surface area (TPSA) is 38.0 Å². The largest absolute Gasteiger partial charge is 0.326 e. The van der Waals surface area contributed by atoms with E-state index in [9.17, 15) is 0 Å². The van der Waals surface area contributed by atoms with Crippen LogP contribution in [-0.4, -0.2) is 12.6 Å². The predicted molar refractivity (Wildman–Crippen MR) is 58.8 cm³/mol.